The van der Waals surface area contributed by atoms with E-state index in [-0.39, 0.29) is 19.1 Å². The number of carbonyl (C=O) groups is 1. The molecule has 0 aliphatic heterocycles. The largest absolute Gasteiger partial charge is 0.385 e. The summed E-state index contributed by atoms with van der Waals surface area (Å²) in [6, 6.07) is 5.36. The van der Waals surface area contributed by atoms with Crippen molar-refractivity contribution in [1.29, 1.82) is 0 Å². The molecule has 1 rings (SSSR count). The number of aryl methyl sites for hydroxylation is 1. The third-order valence-electron chi connectivity index (χ3n) is 2.63. The fraction of sp³-hybridized carbons (Fsp3) is 0.500. The molecular weight excluding hydrogens is 266 g/mol. The highest BCUT2D eigenvalue weighted by molar-refractivity contribution is 5.94. The molecule has 0 heterocycles. The van der Waals surface area contributed by atoms with E-state index in [4.69, 9.17) is 0 Å². The number of ether oxygens (including phenoxy) is 1. The Morgan fingerprint density at radius 3 is 2.75 bits per heavy atom. The first-order valence-electron chi connectivity index (χ1n) is 6.53. The summed E-state index contributed by atoms with van der Waals surface area (Å²) in [6.45, 7) is 4.41. The molecule has 20 heavy (non-hydrogen) atoms. The van der Waals surface area contributed by atoms with Gasteiger partial charge < -0.3 is 15.4 Å². The molecule has 2 N–H and O–H groups in total. The highest BCUT2D eigenvalue weighted by Gasteiger charge is 2.07. The molecule has 6 heteroatoms. The highest BCUT2D eigenvalue weighted by Crippen LogP contribution is 2.16. The smallest absolute Gasteiger partial charge is 0.261 e. The summed E-state index contributed by atoms with van der Waals surface area (Å²) in [5.41, 5.74) is 2.51. The monoisotopic (exact) mass is 286 g/mol. The number of benzene rings is 1. The van der Waals surface area contributed by atoms with Crippen LogP contribution in [0.1, 0.15) is 22.8 Å². The average Bonchev–Trinajstić information content (AvgIpc) is 2.40. The number of nitrogens with one attached hydrogen (secondary N) is 2. The second-order valence-electron chi connectivity index (χ2n) is 4.28. The van der Waals surface area contributed by atoms with E-state index in [9.17, 15) is 13.6 Å². The number of rotatable bonds is 8. The average molecular weight is 286 g/mol. The Balaban J connectivity index is 2.41. The third kappa shape index (κ3) is 5.52. The molecule has 0 saturated carbocycles. The minimum atomic E-state index is -2.48. The van der Waals surface area contributed by atoms with Gasteiger partial charge in [0.15, 0.2) is 0 Å². The number of alkyl halides is 2. The van der Waals surface area contributed by atoms with Gasteiger partial charge in [-0.1, -0.05) is 0 Å². The van der Waals surface area contributed by atoms with Crippen molar-refractivity contribution in [3.63, 3.8) is 0 Å². The molecule has 0 aromatic heterocycles. The summed E-state index contributed by atoms with van der Waals surface area (Å²) in [4.78, 5) is 11.8. The van der Waals surface area contributed by atoms with Gasteiger partial charge in [0.2, 0.25) is 0 Å². The first kappa shape index (κ1) is 16.4. The van der Waals surface area contributed by atoms with Gasteiger partial charge in [-0.3, -0.25) is 4.79 Å². The van der Waals surface area contributed by atoms with Crippen molar-refractivity contribution in [2.75, 3.05) is 31.6 Å². The zero-order chi connectivity index (χ0) is 15.0. The molecule has 0 atom stereocenters. The highest BCUT2D eigenvalue weighted by atomic mass is 19.3. The van der Waals surface area contributed by atoms with Gasteiger partial charge in [0.05, 0.1) is 6.61 Å². The van der Waals surface area contributed by atoms with Gasteiger partial charge in [0.1, 0.15) is 6.61 Å². The number of halogens is 2. The molecule has 1 aromatic carbocycles. The van der Waals surface area contributed by atoms with E-state index >= 15 is 0 Å². The van der Waals surface area contributed by atoms with Crippen LogP contribution in [0.15, 0.2) is 18.2 Å². The summed E-state index contributed by atoms with van der Waals surface area (Å²) in [5, 5.41) is 5.81. The van der Waals surface area contributed by atoms with E-state index in [0.717, 1.165) is 17.8 Å². The summed E-state index contributed by atoms with van der Waals surface area (Å²) in [6.07, 6.45) is -2.48. The zero-order valence-corrected chi connectivity index (χ0v) is 11.7. The van der Waals surface area contributed by atoms with E-state index in [1.165, 1.54) is 0 Å². The molecule has 0 bridgehead atoms. The second-order valence-corrected chi connectivity index (χ2v) is 4.28. The molecule has 0 saturated heterocycles. The lowest BCUT2D eigenvalue weighted by Gasteiger charge is -2.10. The van der Waals surface area contributed by atoms with Gasteiger partial charge >= 0.3 is 0 Å². The van der Waals surface area contributed by atoms with Gasteiger partial charge in [0, 0.05) is 24.3 Å². The van der Waals surface area contributed by atoms with E-state index in [2.05, 4.69) is 15.4 Å². The Hall–Kier alpha value is -1.69. The Kier molecular flexibility index (Phi) is 6.93. The second kappa shape index (κ2) is 8.47. The van der Waals surface area contributed by atoms with Crippen LogP contribution >= 0.6 is 0 Å². The summed E-state index contributed by atoms with van der Waals surface area (Å²) >= 11 is 0. The van der Waals surface area contributed by atoms with Crippen LogP contribution in [0.5, 0.6) is 0 Å². The van der Waals surface area contributed by atoms with Crippen LogP contribution in [0.25, 0.3) is 0 Å². The van der Waals surface area contributed by atoms with Crippen molar-refractivity contribution in [2.24, 2.45) is 0 Å². The van der Waals surface area contributed by atoms with Gasteiger partial charge in [-0.2, -0.15) is 0 Å². The first-order valence-corrected chi connectivity index (χ1v) is 6.53. The van der Waals surface area contributed by atoms with Crippen molar-refractivity contribution in [1.82, 2.24) is 5.32 Å². The molecule has 0 aliphatic rings. The molecule has 4 nitrogen and oxygen atoms in total. The minimum absolute atomic E-state index is 0.0739. The minimum Gasteiger partial charge on any atom is -0.385 e. The Morgan fingerprint density at radius 2 is 2.15 bits per heavy atom. The Bertz CT molecular complexity index is 439. The topological polar surface area (TPSA) is 50.4 Å². The maximum absolute atomic E-state index is 11.8. The first-order chi connectivity index (χ1) is 9.54. The number of amides is 1. The van der Waals surface area contributed by atoms with Crippen molar-refractivity contribution < 1.29 is 18.3 Å². The molecule has 0 fully saturated rings. The molecule has 0 aliphatic carbocycles. The fourth-order valence-corrected chi connectivity index (χ4v) is 1.70. The van der Waals surface area contributed by atoms with Crippen molar-refractivity contribution in [2.45, 2.75) is 20.3 Å². The van der Waals surface area contributed by atoms with Gasteiger partial charge in [-0.05, 0) is 37.6 Å². The summed E-state index contributed by atoms with van der Waals surface area (Å²) in [7, 11) is 0. The van der Waals surface area contributed by atoms with E-state index in [1.54, 1.807) is 12.1 Å². The lowest BCUT2D eigenvalue weighted by atomic mass is 10.1. The third-order valence-corrected chi connectivity index (χ3v) is 2.63. The van der Waals surface area contributed by atoms with Crippen LogP contribution in [0.2, 0.25) is 0 Å². The maximum Gasteiger partial charge on any atom is 0.261 e. The number of hydrogen-bond acceptors (Lipinski definition) is 3. The van der Waals surface area contributed by atoms with Crippen molar-refractivity contribution >= 4 is 11.6 Å². The standard InChI is InChI=1S/C14H20F2N2O2/c1-3-17-12-5-4-11(8-10(12)2)14(19)18-6-7-20-9-13(15)16/h4-5,8,13,17H,3,6-7,9H2,1-2H3,(H,18,19). The molecule has 1 aromatic rings. The summed E-state index contributed by atoms with van der Waals surface area (Å²) < 4.78 is 28.3. The van der Waals surface area contributed by atoms with E-state index in [1.807, 2.05) is 19.9 Å². The summed E-state index contributed by atoms with van der Waals surface area (Å²) in [5.74, 6) is -0.239. The predicted octanol–water partition coefficient (Wildman–Crippen LogP) is 2.44. The number of carbonyl (C=O) groups excluding carboxylic acids is 1. The molecule has 0 spiro atoms. The van der Waals surface area contributed by atoms with E-state index < -0.39 is 13.0 Å². The quantitative estimate of drug-likeness (QED) is 0.722. The van der Waals surface area contributed by atoms with Gasteiger partial charge in [0.25, 0.3) is 12.3 Å². The molecular formula is C14H20F2N2O2. The van der Waals surface area contributed by atoms with Crippen molar-refractivity contribution in [3.8, 4) is 0 Å². The lowest BCUT2D eigenvalue weighted by Crippen LogP contribution is -2.27. The van der Waals surface area contributed by atoms with Crippen LogP contribution in [0, 0.1) is 6.92 Å². The SMILES string of the molecule is CCNc1ccc(C(=O)NCCOCC(F)F)cc1C. The van der Waals surface area contributed by atoms with Crippen LogP contribution in [-0.2, 0) is 4.74 Å². The zero-order valence-electron chi connectivity index (χ0n) is 11.7. The van der Waals surface area contributed by atoms with Crippen LogP contribution in [0.3, 0.4) is 0 Å². The number of anilines is 1. The van der Waals surface area contributed by atoms with Crippen LogP contribution in [0.4, 0.5) is 14.5 Å². The van der Waals surface area contributed by atoms with Gasteiger partial charge in [-0.25, -0.2) is 8.78 Å². The number of hydrogen-bond donors (Lipinski definition) is 2. The van der Waals surface area contributed by atoms with Crippen LogP contribution < -0.4 is 10.6 Å². The van der Waals surface area contributed by atoms with Crippen LogP contribution in [-0.4, -0.2) is 38.6 Å². The predicted molar refractivity (Wildman–Crippen MR) is 74.5 cm³/mol. The normalized spacial score (nSPS) is 10.7. The fourth-order valence-electron chi connectivity index (χ4n) is 1.70. The van der Waals surface area contributed by atoms with Crippen molar-refractivity contribution in [3.05, 3.63) is 29.3 Å². The maximum atomic E-state index is 11.8. The lowest BCUT2D eigenvalue weighted by molar-refractivity contribution is 0.0188. The Morgan fingerprint density at radius 1 is 1.40 bits per heavy atom. The van der Waals surface area contributed by atoms with E-state index in [0.29, 0.717) is 5.56 Å². The molecule has 0 radical (unpaired) electrons. The molecule has 112 valence electrons. The molecule has 0 unspecified atom stereocenters. The van der Waals surface area contributed by atoms with Gasteiger partial charge in [-0.15, -0.1) is 0 Å². The Labute approximate surface area is 117 Å². The molecule has 1 amide bonds.